The Labute approximate surface area is 110 Å². The molecule has 0 fully saturated rings. The van der Waals surface area contributed by atoms with Gasteiger partial charge in [0, 0.05) is 25.7 Å². The Morgan fingerprint density at radius 1 is 1.53 bits per heavy atom. The molecule has 0 aliphatic carbocycles. The van der Waals surface area contributed by atoms with Gasteiger partial charge in [-0.1, -0.05) is 12.1 Å². The zero-order chi connectivity index (χ0) is 13.8. The summed E-state index contributed by atoms with van der Waals surface area (Å²) in [5.74, 6) is -0.657. The van der Waals surface area contributed by atoms with E-state index in [1.54, 1.807) is 23.7 Å². The van der Waals surface area contributed by atoms with Crippen LogP contribution in [0.25, 0.3) is 0 Å². The molecule has 1 heterocycles. The number of nitrogens with zero attached hydrogens (tertiary/aromatic N) is 2. The van der Waals surface area contributed by atoms with Crippen molar-refractivity contribution in [1.82, 2.24) is 14.9 Å². The number of aromatic nitrogens is 2. The van der Waals surface area contributed by atoms with E-state index in [2.05, 4.69) is 10.3 Å². The Bertz CT molecular complexity index is 594. The van der Waals surface area contributed by atoms with Gasteiger partial charge in [0.25, 0.3) is 5.91 Å². The normalized spacial score (nSPS) is 10.5. The topological polar surface area (TPSA) is 72.9 Å². The number of aryl methyl sites for hydroxylation is 1. The lowest BCUT2D eigenvalue weighted by Gasteiger charge is -2.07. The number of rotatable bonds is 4. The first kappa shape index (κ1) is 13.2. The summed E-state index contributed by atoms with van der Waals surface area (Å²) in [7, 11) is 1.72. The minimum Gasteiger partial charge on any atom is -0.347 e. The number of nitrogens with one attached hydrogen (secondary N) is 1. The summed E-state index contributed by atoms with van der Waals surface area (Å²) in [6.45, 7) is 0.416. The highest BCUT2D eigenvalue weighted by atomic mass is 19.1. The van der Waals surface area contributed by atoms with Crippen molar-refractivity contribution >= 4 is 5.91 Å². The third-order valence-corrected chi connectivity index (χ3v) is 2.84. The zero-order valence-electron chi connectivity index (χ0n) is 10.6. The molecular formula is C13H15FN4O. The van der Waals surface area contributed by atoms with Crippen LogP contribution in [0.2, 0.25) is 0 Å². The van der Waals surface area contributed by atoms with Crippen LogP contribution in [0, 0.1) is 5.82 Å². The molecule has 0 saturated heterocycles. The van der Waals surface area contributed by atoms with Gasteiger partial charge in [-0.15, -0.1) is 0 Å². The van der Waals surface area contributed by atoms with Gasteiger partial charge in [-0.2, -0.15) is 0 Å². The fourth-order valence-corrected chi connectivity index (χ4v) is 1.70. The molecule has 1 amide bonds. The van der Waals surface area contributed by atoms with E-state index in [0.717, 1.165) is 5.56 Å². The Morgan fingerprint density at radius 2 is 2.32 bits per heavy atom. The Hall–Kier alpha value is -2.21. The molecule has 0 spiro atoms. The maximum Gasteiger partial charge on any atom is 0.269 e. The van der Waals surface area contributed by atoms with Crippen LogP contribution in [0.3, 0.4) is 0 Å². The first-order chi connectivity index (χ1) is 9.11. The number of amides is 1. The second-order valence-electron chi connectivity index (χ2n) is 4.20. The summed E-state index contributed by atoms with van der Waals surface area (Å²) < 4.78 is 15.3. The number of hydrogen-bond donors (Lipinski definition) is 2. The van der Waals surface area contributed by atoms with Crippen molar-refractivity contribution in [1.29, 1.82) is 0 Å². The van der Waals surface area contributed by atoms with E-state index in [9.17, 15) is 9.18 Å². The van der Waals surface area contributed by atoms with Crippen molar-refractivity contribution in [3.8, 4) is 0 Å². The molecule has 0 saturated carbocycles. The van der Waals surface area contributed by atoms with Gasteiger partial charge in [0.1, 0.15) is 11.5 Å². The molecule has 19 heavy (non-hydrogen) atoms. The van der Waals surface area contributed by atoms with Crippen LogP contribution in [0.5, 0.6) is 0 Å². The summed E-state index contributed by atoms with van der Waals surface area (Å²) in [5, 5.41) is 2.65. The first-order valence-electron chi connectivity index (χ1n) is 5.83. The van der Waals surface area contributed by atoms with Gasteiger partial charge in [0.05, 0.1) is 12.5 Å². The molecule has 0 radical (unpaired) electrons. The predicted molar refractivity (Wildman–Crippen MR) is 68.7 cm³/mol. The minimum absolute atomic E-state index is 0.126. The third-order valence-electron chi connectivity index (χ3n) is 2.84. The van der Waals surface area contributed by atoms with Crippen molar-refractivity contribution in [2.24, 2.45) is 12.8 Å². The molecule has 1 aromatic heterocycles. The monoisotopic (exact) mass is 262 g/mol. The molecule has 0 aliphatic rings. The first-order valence-corrected chi connectivity index (χ1v) is 5.83. The smallest absolute Gasteiger partial charge is 0.269 e. The molecule has 3 N–H and O–H groups in total. The highest BCUT2D eigenvalue weighted by Gasteiger charge is 2.10. The van der Waals surface area contributed by atoms with Crippen molar-refractivity contribution in [3.05, 3.63) is 53.4 Å². The maximum atomic E-state index is 13.7. The fourth-order valence-electron chi connectivity index (χ4n) is 1.70. The van der Waals surface area contributed by atoms with Crippen LogP contribution in [0.4, 0.5) is 4.39 Å². The Morgan fingerprint density at radius 3 is 2.89 bits per heavy atom. The molecule has 6 heteroatoms. The Balaban J connectivity index is 2.03. The molecule has 2 aromatic rings. The number of carbonyl (C=O) groups excluding carboxylic acids is 1. The second kappa shape index (κ2) is 5.62. The minimum atomic E-state index is -0.367. The number of carbonyl (C=O) groups is 1. The SMILES string of the molecule is Cn1cncc1C(=O)NCc1ccc(CN)cc1F. The van der Waals surface area contributed by atoms with Crippen molar-refractivity contribution in [3.63, 3.8) is 0 Å². The molecule has 0 bridgehead atoms. The van der Waals surface area contributed by atoms with Gasteiger partial charge in [-0.05, 0) is 11.6 Å². The van der Waals surface area contributed by atoms with Crippen molar-refractivity contribution in [2.75, 3.05) is 0 Å². The number of halogens is 1. The van der Waals surface area contributed by atoms with Gasteiger partial charge in [-0.3, -0.25) is 4.79 Å². The third kappa shape index (κ3) is 2.97. The van der Waals surface area contributed by atoms with Crippen LogP contribution >= 0.6 is 0 Å². The van der Waals surface area contributed by atoms with E-state index in [1.165, 1.54) is 18.6 Å². The standard InChI is InChI=1S/C13H15FN4O/c1-18-8-16-7-12(18)13(19)17-6-10-3-2-9(5-15)4-11(10)14/h2-4,7-8H,5-6,15H2,1H3,(H,17,19). The van der Waals surface area contributed by atoms with Crippen LogP contribution in [-0.2, 0) is 20.1 Å². The van der Waals surface area contributed by atoms with Crippen molar-refractivity contribution < 1.29 is 9.18 Å². The fraction of sp³-hybridized carbons (Fsp3) is 0.231. The van der Waals surface area contributed by atoms with Crippen LogP contribution in [0.15, 0.2) is 30.7 Å². The second-order valence-corrected chi connectivity index (χ2v) is 4.20. The average molecular weight is 262 g/mol. The molecular weight excluding hydrogens is 247 g/mol. The Kier molecular flexibility index (Phi) is 3.91. The van der Waals surface area contributed by atoms with Gasteiger partial charge >= 0.3 is 0 Å². The number of benzene rings is 1. The van der Waals surface area contributed by atoms with E-state index in [0.29, 0.717) is 17.8 Å². The molecule has 5 nitrogen and oxygen atoms in total. The maximum absolute atomic E-state index is 13.7. The van der Waals surface area contributed by atoms with Gasteiger partial charge < -0.3 is 15.6 Å². The lowest BCUT2D eigenvalue weighted by Crippen LogP contribution is -2.25. The largest absolute Gasteiger partial charge is 0.347 e. The molecule has 0 unspecified atom stereocenters. The highest BCUT2D eigenvalue weighted by molar-refractivity contribution is 5.92. The molecule has 100 valence electrons. The summed E-state index contributed by atoms with van der Waals surface area (Å²) in [6, 6.07) is 4.75. The predicted octanol–water partition coefficient (Wildman–Crippen LogP) is 0.948. The molecule has 0 atom stereocenters. The van der Waals surface area contributed by atoms with Gasteiger partial charge in [0.15, 0.2) is 0 Å². The molecule has 1 aromatic carbocycles. The van der Waals surface area contributed by atoms with E-state index >= 15 is 0 Å². The van der Waals surface area contributed by atoms with Crippen molar-refractivity contribution in [2.45, 2.75) is 13.1 Å². The number of hydrogen-bond acceptors (Lipinski definition) is 3. The highest BCUT2D eigenvalue weighted by Crippen LogP contribution is 2.10. The number of nitrogens with two attached hydrogens (primary N) is 1. The van der Waals surface area contributed by atoms with E-state index in [4.69, 9.17) is 5.73 Å². The molecule has 0 aliphatic heterocycles. The van der Waals surface area contributed by atoms with E-state index < -0.39 is 0 Å². The summed E-state index contributed by atoms with van der Waals surface area (Å²) in [6.07, 6.45) is 2.99. The van der Waals surface area contributed by atoms with E-state index in [1.807, 2.05) is 0 Å². The number of imidazole rings is 1. The lowest BCUT2D eigenvalue weighted by molar-refractivity contribution is 0.0942. The molecule has 2 rings (SSSR count). The van der Waals surface area contributed by atoms with Gasteiger partial charge in [-0.25, -0.2) is 9.37 Å². The van der Waals surface area contributed by atoms with E-state index in [-0.39, 0.29) is 18.3 Å². The van der Waals surface area contributed by atoms with Crippen LogP contribution in [0.1, 0.15) is 21.6 Å². The van der Waals surface area contributed by atoms with Gasteiger partial charge in [0.2, 0.25) is 0 Å². The van der Waals surface area contributed by atoms with Crippen LogP contribution in [-0.4, -0.2) is 15.5 Å². The quantitative estimate of drug-likeness (QED) is 0.861. The zero-order valence-corrected chi connectivity index (χ0v) is 10.6. The summed E-state index contributed by atoms with van der Waals surface area (Å²) >= 11 is 0. The average Bonchev–Trinajstić information content (AvgIpc) is 2.83. The lowest BCUT2D eigenvalue weighted by atomic mass is 10.1. The van der Waals surface area contributed by atoms with Crippen LogP contribution < -0.4 is 11.1 Å². The summed E-state index contributed by atoms with van der Waals surface area (Å²) in [4.78, 5) is 15.7. The summed E-state index contributed by atoms with van der Waals surface area (Å²) in [5.41, 5.74) is 7.00.